The zero-order valence-corrected chi connectivity index (χ0v) is 5.79. The van der Waals surface area contributed by atoms with E-state index >= 15 is 0 Å². The van der Waals surface area contributed by atoms with Crippen LogP contribution < -0.4 is 0 Å². The second-order valence-corrected chi connectivity index (χ2v) is 2.56. The van der Waals surface area contributed by atoms with E-state index < -0.39 is 0 Å². The van der Waals surface area contributed by atoms with Gasteiger partial charge in [0.05, 0.1) is 6.10 Å². The Morgan fingerprint density at radius 3 is 2.40 bits per heavy atom. The summed E-state index contributed by atoms with van der Waals surface area (Å²) in [6.45, 7) is 1.19. The van der Waals surface area contributed by atoms with Crippen molar-refractivity contribution in [1.82, 2.24) is 4.90 Å². The van der Waals surface area contributed by atoms with Crippen LogP contribution in [-0.2, 0) is 0 Å². The zero-order valence-electron chi connectivity index (χ0n) is 5.79. The van der Waals surface area contributed by atoms with Crippen LogP contribution in [0.1, 0.15) is 12.8 Å². The first kappa shape index (κ1) is 7.60. The topological polar surface area (TPSA) is 40.5 Å². The van der Waals surface area contributed by atoms with Crippen LogP contribution in [-0.4, -0.2) is 42.9 Å². The van der Waals surface area contributed by atoms with Gasteiger partial charge in [0.2, 0.25) is 7.85 Å². The van der Waals surface area contributed by atoms with Crippen molar-refractivity contribution in [2.45, 2.75) is 18.9 Å². The molecule has 0 spiro atoms. The summed E-state index contributed by atoms with van der Waals surface area (Å²) in [6, 6.07) is 0. The molecule has 0 aromatic rings. The number of amides is 1. The predicted octanol–water partition coefficient (Wildman–Crippen LogP) is -0.268. The molecule has 0 bridgehead atoms. The first-order chi connectivity index (χ1) is 4.70. The molecule has 1 aliphatic rings. The Hall–Kier alpha value is -0.505. The highest BCUT2D eigenvalue weighted by Crippen LogP contribution is 2.08. The fraction of sp³-hybridized carbons (Fsp3) is 0.833. The molecule has 0 atom stereocenters. The van der Waals surface area contributed by atoms with Crippen molar-refractivity contribution in [2.24, 2.45) is 0 Å². The number of likely N-dealkylation sites (tertiary alicyclic amines) is 1. The molecule has 1 aliphatic heterocycles. The molecular weight excluding hydrogens is 129 g/mol. The van der Waals surface area contributed by atoms with Crippen LogP contribution in [0.15, 0.2) is 0 Å². The van der Waals surface area contributed by atoms with Crippen LogP contribution >= 0.6 is 0 Å². The molecule has 2 radical (unpaired) electrons. The lowest BCUT2D eigenvalue weighted by Crippen LogP contribution is -2.39. The average molecular weight is 139 g/mol. The van der Waals surface area contributed by atoms with Gasteiger partial charge < -0.3 is 10.0 Å². The van der Waals surface area contributed by atoms with Gasteiger partial charge in [0.25, 0.3) is 0 Å². The fourth-order valence-electron chi connectivity index (χ4n) is 1.09. The molecule has 0 aliphatic carbocycles. The van der Waals surface area contributed by atoms with Gasteiger partial charge in [-0.15, -0.1) is 0 Å². The van der Waals surface area contributed by atoms with Crippen LogP contribution in [0.25, 0.3) is 0 Å². The van der Waals surface area contributed by atoms with E-state index in [4.69, 9.17) is 13.0 Å². The van der Waals surface area contributed by atoms with Crippen LogP contribution in [0, 0.1) is 0 Å². The molecule has 0 unspecified atom stereocenters. The average Bonchev–Trinajstić information content (AvgIpc) is 1.88. The standard InChI is InChI=1S/C6H10BNO2/c7-6(10)8-3-1-5(9)2-4-8/h5,9H,1-4H2. The second kappa shape index (κ2) is 3.06. The number of carbonyl (C=O) groups is 1. The summed E-state index contributed by atoms with van der Waals surface area (Å²) in [5.41, 5.74) is 0. The third-order valence-corrected chi connectivity index (χ3v) is 1.78. The highest BCUT2D eigenvalue weighted by molar-refractivity contribution is 6.56. The molecule has 0 aromatic heterocycles. The van der Waals surface area contributed by atoms with Gasteiger partial charge in [-0.05, 0) is 12.8 Å². The summed E-state index contributed by atoms with van der Waals surface area (Å²) in [4.78, 5) is 12.1. The van der Waals surface area contributed by atoms with Gasteiger partial charge >= 0.3 is 0 Å². The van der Waals surface area contributed by atoms with Gasteiger partial charge in [-0.1, -0.05) is 0 Å². The van der Waals surface area contributed by atoms with Crippen molar-refractivity contribution in [1.29, 1.82) is 0 Å². The third-order valence-electron chi connectivity index (χ3n) is 1.78. The molecule has 10 heavy (non-hydrogen) atoms. The van der Waals surface area contributed by atoms with E-state index in [2.05, 4.69) is 0 Å². The van der Waals surface area contributed by atoms with E-state index in [0.29, 0.717) is 25.9 Å². The summed E-state index contributed by atoms with van der Waals surface area (Å²) in [7, 11) is 5.02. The number of hydrogen-bond acceptors (Lipinski definition) is 2. The minimum Gasteiger partial charge on any atom is -0.393 e. The first-order valence-corrected chi connectivity index (χ1v) is 3.42. The van der Waals surface area contributed by atoms with Crippen LogP contribution in [0.5, 0.6) is 0 Å². The van der Waals surface area contributed by atoms with Crippen molar-refractivity contribution < 1.29 is 9.90 Å². The lowest BCUT2D eigenvalue weighted by Gasteiger charge is -2.28. The van der Waals surface area contributed by atoms with E-state index in [1.165, 1.54) is 0 Å². The van der Waals surface area contributed by atoms with E-state index in [9.17, 15) is 4.79 Å². The summed E-state index contributed by atoms with van der Waals surface area (Å²) in [5.74, 6) is -0.382. The molecule has 1 N–H and O–H groups in total. The zero-order chi connectivity index (χ0) is 7.56. The minimum absolute atomic E-state index is 0.240. The molecule has 3 nitrogen and oxygen atoms in total. The van der Waals surface area contributed by atoms with E-state index in [-0.39, 0.29) is 11.9 Å². The van der Waals surface area contributed by atoms with Crippen LogP contribution in [0.4, 0.5) is 4.79 Å². The van der Waals surface area contributed by atoms with Gasteiger partial charge in [-0.3, -0.25) is 4.79 Å². The molecule has 1 saturated heterocycles. The molecular formula is C6H10BNO2. The predicted molar refractivity (Wildman–Crippen MR) is 38.0 cm³/mol. The van der Waals surface area contributed by atoms with Gasteiger partial charge in [-0.2, -0.15) is 0 Å². The Balaban J connectivity index is 2.33. The maximum absolute atomic E-state index is 10.5. The minimum atomic E-state index is -0.382. The van der Waals surface area contributed by atoms with Gasteiger partial charge in [0.15, 0.2) is 5.81 Å². The van der Waals surface area contributed by atoms with E-state index in [1.54, 1.807) is 4.90 Å². The first-order valence-electron chi connectivity index (χ1n) is 3.42. The molecule has 0 aromatic carbocycles. The largest absolute Gasteiger partial charge is 0.393 e. The Kier molecular flexibility index (Phi) is 2.32. The van der Waals surface area contributed by atoms with E-state index in [1.807, 2.05) is 0 Å². The molecule has 54 valence electrons. The van der Waals surface area contributed by atoms with Crippen molar-refractivity contribution in [3.05, 3.63) is 0 Å². The highest BCUT2D eigenvalue weighted by Gasteiger charge is 2.17. The molecule has 1 rings (SSSR count). The molecule has 1 fully saturated rings. The lowest BCUT2D eigenvalue weighted by molar-refractivity contribution is 0.0996. The highest BCUT2D eigenvalue weighted by atomic mass is 16.3. The number of piperidine rings is 1. The number of aliphatic hydroxyl groups excluding tert-OH is 1. The second-order valence-electron chi connectivity index (χ2n) is 2.56. The van der Waals surface area contributed by atoms with E-state index in [0.717, 1.165) is 0 Å². The van der Waals surface area contributed by atoms with Crippen molar-refractivity contribution in [3.8, 4) is 0 Å². The molecule has 1 amide bonds. The summed E-state index contributed by atoms with van der Waals surface area (Å²) < 4.78 is 0. The number of rotatable bonds is 0. The Morgan fingerprint density at radius 1 is 1.50 bits per heavy atom. The number of aliphatic hydroxyl groups is 1. The Bertz CT molecular complexity index is 132. The van der Waals surface area contributed by atoms with Crippen molar-refractivity contribution in [2.75, 3.05) is 13.1 Å². The quantitative estimate of drug-likeness (QED) is 0.469. The van der Waals surface area contributed by atoms with Crippen LogP contribution in [0.2, 0.25) is 0 Å². The normalized spacial score (nSPS) is 21.1. The van der Waals surface area contributed by atoms with Gasteiger partial charge in [0.1, 0.15) is 0 Å². The number of carbonyl (C=O) groups excluding carboxylic acids is 1. The van der Waals surface area contributed by atoms with Crippen LogP contribution in [0.3, 0.4) is 0 Å². The summed E-state index contributed by atoms with van der Waals surface area (Å²) in [5, 5.41) is 9.03. The smallest absolute Gasteiger partial charge is 0.200 e. The lowest BCUT2D eigenvalue weighted by atomic mass is 10.0. The number of nitrogens with zero attached hydrogens (tertiary/aromatic N) is 1. The molecule has 1 heterocycles. The molecule has 0 saturated carbocycles. The Labute approximate surface area is 61.4 Å². The number of hydrogen-bond donors (Lipinski definition) is 1. The van der Waals surface area contributed by atoms with Crippen molar-refractivity contribution >= 4 is 13.7 Å². The summed E-state index contributed by atoms with van der Waals surface area (Å²) in [6.07, 6.45) is 1.07. The third kappa shape index (κ3) is 1.74. The van der Waals surface area contributed by atoms with Crippen molar-refractivity contribution in [3.63, 3.8) is 0 Å². The van der Waals surface area contributed by atoms with Gasteiger partial charge in [-0.25, -0.2) is 0 Å². The molecule has 4 heteroatoms. The maximum atomic E-state index is 10.5. The fourth-order valence-corrected chi connectivity index (χ4v) is 1.09. The monoisotopic (exact) mass is 139 g/mol. The maximum Gasteiger partial charge on any atom is 0.200 e. The van der Waals surface area contributed by atoms with Gasteiger partial charge in [0, 0.05) is 13.1 Å². The SMILES string of the molecule is [B]C(=O)N1CCC(O)CC1. The summed E-state index contributed by atoms with van der Waals surface area (Å²) >= 11 is 0. The Morgan fingerprint density at radius 2 is 2.00 bits per heavy atom.